The summed E-state index contributed by atoms with van der Waals surface area (Å²) in [7, 11) is 1.64. The number of carbonyl (C=O) groups is 2. The highest BCUT2D eigenvalue weighted by molar-refractivity contribution is 6.02. The summed E-state index contributed by atoms with van der Waals surface area (Å²) in [6.07, 6.45) is 9.68. The molecule has 2 fully saturated rings. The Balaban J connectivity index is 1.80. The smallest absolute Gasteiger partial charge is 0.254 e. The van der Waals surface area contributed by atoms with Gasteiger partial charge in [0, 0.05) is 25.3 Å². The number of nitrogens with zero attached hydrogens (tertiary/aromatic N) is 1. The van der Waals surface area contributed by atoms with Crippen LogP contribution in [0, 0.1) is 0 Å². The number of rotatable bonds is 5. The van der Waals surface area contributed by atoms with Crippen molar-refractivity contribution in [2.75, 3.05) is 20.3 Å². The fraction of sp³-hybridized carbons (Fsp3) is 0.652. The van der Waals surface area contributed by atoms with Gasteiger partial charge in [-0.2, -0.15) is 0 Å². The van der Waals surface area contributed by atoms with E-state index in [4.69, 9.17) is 4.74 Å². The van der Waals surface area contributed by atoms with E-state index < -0.39 is 0 Å². The third kappa shape index (κ3) is 3.24. The first kappa shape index (κ1) is 19.4. The number of benzene rings is 1. The molecule has 2 amide bonds. The van der Waals surface area contributed by atoms with Crippen molar-refractivity contribution in [2.45, 2.75) is 75.3 Å². The second-order valence-corrected chi connectivity index (χ2v) is 8.58. The normalized spacial score (nSPS) is 24.4. The van der Waals surface area contributed by atoms with Gasteiger partial charge in [0.1, 0.15) is 0 Å². The summed E-state index contributed by atoms with van der Waals surface area (Å²) in [5, 5.41) is 3.09. The van der Waals surface area contributed by atoms with Crippen LogP contribution in [0.25, 0.3) is 0 Å². The average molecular weight is 385 g/mol. The lowest BCUT2D eigenvalue weighted by Crippen LogP contribution is -2.65. The molecule has 4 rings (SSSR count). The van der Waals surface area contributed by atoms with E-state index in [9.17, 15) is 9.59 Å². The first-order valence-electron chi connectivity index (χ1n) is 10.9. The Labute approximate surface area is 167 Å². The van der Waals surface area contributed by atoms with Crippen LogP contribution in [0.2, 0.25) is 0 Å². The standard InChI is InChI=1S/C23H32N2O3/c1-28-16-15-24-21(26)20-18-11-5-6-12-19(18)22(27)25(17-9-3-4-10-17)23(20)13-7-2-8-14-23/h5-6,11-12,17,20H,2-4,7-10,13-16H2,1H3,(H,24,26)/t20-/m1/s1. The molecule has 152 valence electrons. The Bertz CT molecular complexity index is 720. The second kappa shape index (κ2) is 8.24. The molecule has 28 heavy (non-hydrogen) atoms. The average Bonchev–Trinajstić information content (AvgIpc) is 3.23. The van der Waals surface area contributed by atoms with Gasteiger partial charge in [-0.25, -0.2) is 0 Å². The Kier molecular flexibility index (Phi) is 5.72. The van der Waals surface area contributed by atoms with E-state index in [2.05, 4.69) is 10.2 Å². The molecule has 3 aliphatic rings. The van der Waals surface area contributed by atoms with Crippen molar-refractivity contribution >= 4 is 11.8 Å². The molecule has 1 N–H and O–H groups in total. The first-order chi connectivity index (χ1) is 13.7. The number of nitrogens with one attached hydrogen (secondary N) is 1. The molecule has 0 saturated heterocycles. The van der Waals surface area contributed by atoms with Crippen LogP contribution in [0.1, 0.15) is 79.6 Å². The lowest BCUT2D eigenvalue weighted by atomic mass is 9.64. The predicted octanol–water partition coefficient (Wildman–Crippen LogP) is 3.63. The third-order valence-electron chi connectivity index (χ3n) is 7.01. The zero-order valence-corrected chi connectivity index (χ0v) is 16.9. The van der Waals surface area contributed by atoms with Crippen LogP contribution >= 0.6 is 0 Å². The van der Waals surface area contributed by atoms with Crippen LogP contribution in [0.15, 0.2) is 24.3 Å². The fourth-order valence-electron chi connectivity index (χ4n) is 5.85. The summed E-state index contributed by atoms with van der Waals surface area (Å²) >= 11 is 0. The van der Waals surface area contributed by atoms with Gasteiger partial charge in [-0.3, -0.25) is 9.59 Å². The molecule has 2 saturated carbocycles. The summed E-state index contributed by atoms with van der Waals surface area (Å²) in [4.78, 5) is 29.3. The molecule has 0 radical (unpaired) electrons. The molecule has 0 bridgehead atoms. The molecule has 5 nitrogen and oxygen atoms in total. The lowest BCUT2D eigenvalue weighted by molar-refractivity contribution is -0.128. The Morgan fingerprint density at radius 3 is 2.57 bits per heavy atom. The molecule has 2 aliphatic carbocycles. The fourth-order valence-corrected chi connectivity index (χ4v) is 5.85. The zero-order chi connectivity index (χ0) is 19.6. The minimum Gasteiger partial charge on any atom is -0.383 e. The highest BCUT2D eigenvalue weighted by atomic mass is 16.5. The quantitative estimate of drug-likeness (QED) is 0.789. The lowest BCUT2D eigenvalue weighted by Gasteiger charge is -2.56. The molecule has 1 atom stereocenters. The van der Waals surface area contributed by atoms with Crippen molar-refractivity contribution in [3.05, 3.63) is 35.4 Å². The van der Waals surface area contributed by atoms with E-state index in [1.54, 1.807) is 7.11 Å². The van der Waals surface area contributed by atoms with Gasteiger partial charge in [0.2, 0.25) is 5.91 Å². The van der Waals surface area contributed by atoms with Crippen LogP contribution < -0.4 is 5.32 Å². The van der Waals surface area contributed by atoms with Gasteiger partial charge in [0.15, 0.2) is 0 Å². The topological polar surface area (TPSA) is 58.6 Å². The summed E-state index contributed by atoms with van der Waals surface area (Å²) in [5.41, 5.74) is 1.26. The van der Waals surface area contributed by atoms with Crippen LogP contribution in [-0.2, 0) is 9.53 Å². The van der Waals surface area contributed by atoms with Crippen LogP contribution in [0.3, 0.4) is 0 Å². The van der Waals surface area contributed by atoms with Gasteiger partial charge in [-0.1, -0.05) is 50.3 Å². The SMILES string of the molecule is COCCNC(=O)[C@H]1c2ccccc2C(=O)N(C2CCCC2)C12CCCCC2. The van der Waals surface area contributed by atoms with Crippen molar-refractivity contribution in [1.82, 2.24) is 10.2 Å². The minimum atomic E-state index is -0.379. The number of amides is 2. The van der Waals surface area contributed by atoms with Crippen LogP contribution in [-0.4, -0.2) is 48.6 Å². The minimum absolute atomic E-state index is 0.0434. The van der Waals surface area contributed by atoms with E-state index in [1.165, 1.54) is 19.3 Å². The number of ether oxygens (including phenoxy) is 1. The molecule has 0 unspecified atom stereocenters. The molecular formula is C23H32N2O3. The Morgan fingerprint density at radius 1 is 1.14 bits per heavy atom. The van der Waals surface area contributed by atoms with Gasteiger partial charge >= 0.3 is 0 Å². The molecule has 1 heterocycles. The summed E-state index contributed by atoms with van der Waals surface area (Å²) in [5.74, 6) is -0.105. The van der Waals surface area contributed by atoms with E-state index in [-0.39, 0.29) is 29.3 Å². The Morgan fingerprint density at radius 2 is 1.86 bits per heavy atom. The number of hydrogen-bond donors (Lipinski definition) is 1. The molecule has 5 heteroatoms. The molecule has 1 aromatic carbocycles. The van der Waals surface area contributed by atoms with E-state index in [0.717, 1.165) is 49.7 Å². The maximum Gasteiger partial charge on any atom is 0.254 e. The van der Waals surface area contributed by atoms with Gasteiger partial charge in [-0.05, 0) is 37.3 Å². The van der Waals surface area contributed by atoms with Crippen LogP contribution in [0.4, 0.5) is 0 Å². The van der Waals surface area contributed by atoms with Crippen molar-refractivity contribution in [2.24, 2.45) is 0 Å². The van der Waals surface area contributed by atoms with Crippen LogP contribution in [0.5, 0.6) is 0 Å². The van der Waals surface area contributed by atoms with E-state index in [1.807, 2.05) is 24.3 Å². The monoisotopic (exact) mass is 384 g/mol. The largest absolute Gasteiger partial charge is 0.383 e. The summed E-state index contributed by atoms with van der Waals surface area (Å²) in [6.45, 7) is 1.000. The molecule has 0 aromatic heterocycles. The first-order valence-corrected chi connectivity index (χ1v) is 10.9. The van der Waals surface area contributed by atoms with E-state index in [0.29, 0.717) is 13.2 Å². The highest BCUT2D eigenvalue weighted by Crippen LogP contribution is 2.51. The van der Waals surface area contributed by atoms with Crippen molar-refractivity contribution in [3.8, 4) is 0 Å². The van der Waals surface area contributed by atoms with Crippen molar-refractivity contribution in [3.63, 3.8) is 0 Å². The third-order valence-corrected chi connectivity index (χ3v) is 7.01. The summed E-state index contributed by atoms with van der Waals surface area (Å²) < 4.78 is 5.13. The van der Waals surface area contributed by atoms with Gasteiger partial charge in [0.05, 0.1) is 18.1 Å². The van der Waals surface area contributed by atoms with Crippen molar-refractivity contribution < 1.29 is 14.3 Å². The molecule has 1 aromatic rings. The van der Waals surface area contributed by atoms with Gasteiger partial charge in [-0.15, -0.1) is 0 Å². The number of fused-ring (bicyclic) bond motifs is 1. The number of methoxy groups -OCH3 is 1. The molecular weight excluding hydrogens is 352 g/mol. The Hall–Kier alpha value is -1.88. The summed E-state index contributed by atoms with van der Waals surface area (Å²) in [6, 6.07) is 8.06. The maximum atomic E-state index is 13.7. The van der Waals surface area contributed by atoms with Crippen molar-refractivity contribution in [1.29, 1.82) is 0 Å². The number of carbonyl (C=O) groups excluding carboxylic acids is 2. The predicted molar refractivity (Wildman–Crippen MR) is 108 cm³/mol. The zero-order valence-electron chi connectivity index (χ0n) is 16.9. The number of hydrogen-bond acceptors (Lipinski definition) is 3. The van der Waals surface area contributed by atoms with E-state index >= 15 is 0 Å². The molecule has 1 aliphatic heterocycles. The maximum absolute atomic E-state index is 13.7. The highest BCUT2D eigenvalue weighted by Gasteiger charge is 2.56. The van der Waals surface area contributed by atoms with Gasteiger partial charge in [0.25, 0.3) is 5.91 Å². The second-order valence-electron chi connectivity index (χ2n) is 8.58. The molecule has 1 spiro atoms. The van der Waals surface area contributed by atoms with Gasteiger partial charge < -0.3 is 15.0 Å².